The molecule has 0 radical (unpaired) electrons. The van der Waals surface area contributed by atoms with Crippen molar-refractivity contribution in [3.05, 3.63) is 48.3 Å². The normalized spacial score (nSPS) is 11.3. The summed E-state index contributed by atoms with van der Waals surface area (Å²) in [5.41, 5.74) is 7.28. The zero-order chi connectivity index (χ0) is 14.0. The van der Waals surface area contributed by atoms with Crippen molar-refractivity contribution >= 4 is 21.4 Å². The Morgan fingerprint density at radius 3 is 2.58 bits per heavy atom. The molecule has 1 heterocycles. The summed E-state index contributed by atoms with van der Waals surface area (Å²) in [6, 6.07) is 8.23. The van der Waals surface area contributed by atoms with E-state index in [0.29, 0.717) is 16.9 Å². The molecule has 0 bridgehead atoms. The largest absolute Gasteiger partial charge is 0.398 e. The number of pyridine rings is 1. The monoisotopic (exact) mass is 277 g/mol. The number of hydrogen-bond donors (Lipinski definition) is 1. The fourth-order valence-corrected chi connectivity index (χ4v) is 3.17. The summed E-state index contributed by atoms with van der Waals surface area (Å²) in [7, 11) is -2.14. The van der Waals surface area contributed by atoms with Crippen molar-refractivity contribution in [2.45, 2.75) is 11.8 Å². The Kier molecular flexibility index (Phi) is 3.44. The van der Waals surface area contributed by atoms with Crippen LogP contribution in [0.4, 0.5) is 11.4 Å². The SMILES string of the molecule is Cc1c(N)cccc1S(=O)(=O)N(C)c1cccnc1. The van der Waals surface area contributed by atoms with Crippen molar-refractivity contribution in [2.75, 3.05) is 17.1 Å². The Balaban J connectivity index is 2.52. The highest BCUT2D eigenvalue weighted by molar-refractivity contribution is 7.92. The van der Waals surface area contributed by atoms with Crippen molar-refractivity contribution in [2.24, 2.45) is 0 Å². The molecule has 1 aromatic heterocycles. The Hall–Kier alpha value is -2.08. The van der Waals surface area contributed by atoms with Gasteiger partial charge in [0.15, 0.2) is 0 Å². The summed E-state index contributed by atoms with van der Waals surface area (Å²) in [4.78, 5) is 4.13. The molecule has 0 aliphatic rings. The van der Waals surface area contributed by atoms with Crippen LogP contribution < -0.4 is 10.0 Å². The van der Waals surface area contributed by atoms with Crippen LogP contribution in [-0.2, 0) is 10.0 Å². The van der Waals surface area contributed by atoms with Crippen molar-refractivity contribution in [3.63, 3.8) is 0 Å². The molecular weight excluding hydrogens is 262 g/mol. The molecule has 0 spiro atoms. The third-order valence-electron chi connectivity index (χ3n) is 2.97. The van der Waals surface area contributed by atoms with Gasteiger partial charge < -0.3 is 5.73 Å². The number of sulfonamides is 1. The number of anilines is 2. The topological polar surface area (TPSA) is 76.3 Å². The Labute approximate surface area is 112 Å². The molecule has 0 aliphatic carbocycles. The molecule has 0 fully saturated rings. The number of nitrogens with zero attached hydrogens (tertiary/aromatic N) is 2. The predicted octanol–water partition coefficient (Wildman–Crippen LogP) is 1.80. The molecule has 0 aliphatic heterocycles. The summed E-state index contributed by atoms with van der Waals surface area (Å²) >= 11 is 0. The third-order valence-corrected chi connectivity index (χ3v) is 4.90. The van der Waals surface area contributed by atoms with Crippen LogP contribution in [0.25, 0.3) is 0 Å². The Morgan fingerprint density at radius 1 is 1.21 bits per heavy atom. The molecule has 0 saturated carbocycles. The third kappa shape index (κ3) is 2.39. The summed E-state index contributed by atoms with van der Waals surface area (Å²) in [5.74, 6) is 0. The molecule has 6 heteroatoms. The lowest BCUT2D eigenvalue weighted by atomic mass is 10.2. The van der Waals surface area contributed by atoms with Gasteiger partial charge >= 0.3 is 0 Å². The van der Waals surface area contributed by atoms with E-state index in [4.69, 9.17) is 5.73 Å². The Bertz CT molecular complexity index is 684. The van der Waals surface area contributed by atoms with Crippen LogP contribution in [0.5, 0.6) is 0 Å². The van der Waals surface area contributed by atoms with Gasteiger partial charge in [-0.05, 0) is 36.8 Å². The van der Waals surface area contributed by atoms with Gasteiger partial charge in [0.25, 0.3) is 10.0 Å². The molecule has 0 atom stereocenters. The highest BCUT2D eigenvalue weighted by Crippen LogP contribution is 2.26. The average molecular weight is 277 g/mol. The van der Waals surface area contributed by atoms with E-state index >= 15 is 0 Å². The zero-order valence-electron chi connectivity index (χ0n) is 10.7. The van der Waals surface area contributed by atoms with E-state index in [-0.39, 0.29) is 4.90 Å². The second-order valence-corrected chi connectivity index (χ2v) is 6.09. The van der Waals surface area contributed by atoms with Crippen LogP contribution in [0.15, 0.2) is 47.6 Å². The lowest BCUT2D eigenvalue weighted by Crippen LogP contribution is -2.27. The first-order chi connectivity index (χ1) is 8.94. The second kappa shape index (κ2) is 4.89. The van der Waals surface area contributed by atoms with E-state index in [1.54, 1.807) is 43.5 Å². The highest BCUT2D eigenvalue weighted by atomic mass is 32.2. The van der Waals surface area contributed by atoms with Crippen LogP contribution in [0, 0.1) is 6.92 Å². The van der Waals surface area contributed by atoms with Gasteiger partial charge in [-0.2, -0.15) is 0 Å². The lowest BCUT2D eigenvalue weighted by molar-refractivity contribution is 0.594. The summed E-state index contributed by atoms with van der Waals surface area (Å²) in [6.45, 7) is 1.69. The Morgan fingerprint density at radius 2 is 1.95 bits per heavy atom. The maximum absolute atomic E-state index is 12.5. The summed E-state index contributed by atoms with van der Waals surface area (Å²) in [5, 5.41) is 0. The van der Waals surface area contributed by atoms with Crippen molar-refractivity contribution in [1.82, 2.24) is 4.98 Å². The molecule has 0 amide bonds. The average Bonchev–Trinajstić information content (AvgIpc) is 2.41. The molecular formula is C13H15N3O2S. The highest BCUT2D eigenvalue weighted by Gasteiger charge is 2.23. The predicted molar refractivity (Wildman–Crippen MR) is 75.4 cm³/mol. The maximum Gasteiger partial charge on any atom is 0.264 e. The molecule has 2 N–H and O–H groups in total. The fourth-order valence-electron chi connectivity index (χ4n) is 1.74. The molecule has 0 saturated heterocycles. The van der Waals surface area contributed by atoms with Crippen molar-refractivity contribution in [3.8, 4) is 0 Å². The molecule has 2 rings (SSSR count). The van der Waals surface area contributed by atoms with E-state index in [1.807, 2.05) is 0 Å². The second-order valence-electron chi connectivity index (χ2n) is 4.15. The van der Waals surface area contributed by atoms with Gasteiger partial charge in [-0.1, -0.05) is 6.07 Å². The number of hydrogen-bond acceptors (Lipinski definition) is 4. The van der Waals surface area contributed by atoms with Crippen LogP contribution in [0.1, 0.15) is 5.56 Å². The standard InChI is InChI=1S/C13H15N3O2S/c1-10-12(14)6-3-7-13(10)19(17,18)16(2)11-5-4-8-15-9-11/h3-9H,14H2,1-2H3. The summed E-state index contributed by atoms with van der Waals surface area (Å²) in [6.07, 6.45) is 3.09. The van der Waals surface area contributed by atoms with Crippen molar-refractivity contribution in [1.29, 1.82) is 0 Å². The molecule has 5 nitrogen and oxygen atoms in total. The van der Waals surface area contributed by atoms with Gasteiger partial charge in [-0.15, -0.1) is 0 Å². The number of benzene rings is 1. The molecule has 0 unspecified atom stereocenters. The van der Waals surface area contributed by atoms with Crippen LogP contribution in [0.3, 0.4) is 0 Å². The van der Waals surface area contributed by atoms with Crippen LogP contribution in [-0.4, -0.2) is 20.4 Å². The van der Waals surface area contributed by atoms with Crippen molar-refractivity contribution < 1.29 is 8.42 Å². The van der Waals surface area contributed by atoms with Gasteiger partial charge in [-0.3, -0.25) is 9.29 Å². The molecule has 100 valence electrons. The number of nitrogens with two attached hydrogens (primary N) is 1. The minimum absolute atomic E-state index is 0.207. The number of rotatable bonds is 3. The molecule has 19 heavy (non-hydrogen) atoms. The van der Waals surface area contributed by atoms with Crippen LogP contribution >= 0.6 is 0 Å². The lowest BCUT2D eigenvalue weighted by Gasteiger charge is -2.20. The van der Waals surface area contributed by atoms with Gasteiger partial charge in [0, 0.05) is 18.9 Å². The zero-order valence-corrected chi connectivity index (χ0v) is 11.6. The van der Waals surface area contributed by atoms with Gasteiger partial charge in [0.1, 0.15) is 0 Å². The smallest absolute Gasteiger partial charge is 0.264 e. The number of nitrogen functional groups attached to an aromatic ring is 1. The van der Waals surface area contributed by atoms with Crippen LogP contribution in [0.2, 0.25) is 0 Å². The number of aromatic nitrogens is 1. The first kappa shape index (κ1) is 13.4. The van der Waals surface area contributed by atoms with E-state index < -0.39 is 10.0 Å². The maximum atomic E-state index is 12.5. The fraction of sp³-hybridized carbons (Fsp3) is 0.154. The minimum Gasteiger partial charge on any atom is -0.398 e. The molecule has 2 aromatic rings. The van der Waals surface area contributed by atoms with E-state index in [9.17, 15) is 8.42 Å². The quantitative estimate of drug-likeness (QED) is 0.868. The first-order valence-corrected chi connectivity index (χ1v) is 7.12. The van der Waals surface area contributed by atoms with E-state index in [2.05, 4.69) is 4.98 Å². The van der Waals surface area contributed by atoms with E-state index in [0.717, 1.165) is 0 Å². The van der Waals surface area contributed by atoms with Gasteiger partial charge in [0.05, 0.1) is 16.8 Å². The van der Waals surface area contributed by atoms with E-state index in [1.165, 1.54) is 17.5 Å². The van der Waals surface area contributed by atoms with Gasteiger partial charge in [-0.25, -0.2) is 8.42 Å². The first-order valence-electron chi connectivity index (χ1n) is 5.68. The van der Waals surface area contributed by atoms with Gasteiger partial charge in [0.2, 0.25) is 0 Å². The minimum atomic E-state index is -3.63. The molecule has 1 aromatic carbocycles. The summed E-state index contributed by atoms with van der Waals surface area (Å²) < 4.78 is 26.3.